The van der Waals surface area contributed by atoms with Crippen molar-refractivity contribution in [3.63, 3.8) is 0 Å². The molecule has 0 rings (SSSR count). The summed E-state index contributed by atoms with van der Waals surface area (Å²) in [6, 6.07) is 0. The molecule has 0 aliphatic rings. The van der Waals surface area contributed by atoms with Crippen molar-refractivity contribution in [3.8, 4) is 0 Å². The smallest absolute Gasteiger partial charge is 0.208 e. The number of nitrogens with two attached hydrogens (primary N) is 2. The molecule has 0 radical (unpaired) electrons. The molecule has 5 N–H and O–H groups in total. The highest BCUT2D eigenvalue weighted by molar-refractivity contribution is 5.75. The van der Waals surface area contributed by atoms with E-state index < -0.39 is 0 Å². The maximum absolute atomic E-state index is 9.79. The molecule has 0 aliphatic heterocycles. The lowest BCUT2D eigenvalue weighted by Crippen LogP contribution is -2.26. The Kier molecular flexibility index (Phi) is 5.13. The third-order valence-corrected chi connectivity index (χ3v) is 0.819. The highest BCUT2D eigenvalue weighted by Gasteiger charge is 1.83. The first-order valence-corrected chi connectivity index (χ1v) is 3.02. The number of hydrogen-bond donors (Lipinski definition) is 3. The molecule has 0 amide bonds. The molecule has 0 spiro atoms. The van der Waals surface area contributed by atoms with Gasteiger partial charge in [-0.3, -0.25) is 0 Å². The summed E-state index contributed by atoms with van der Waals surface area (Å²) < 4.78 is 0. The van der Waals surface area contributed by atoms with E-state index in [1.165, 1.54) is 0 Å². The normalized spacial score (nSPS) is 8.40. The molecule has 0 saturated carbocycles. The van der Waals surface area contributed by atoms with Crippen LogP contribution in [-0.4, -0.2) is 18.8 Å². The lowest BCUT2D eigenvalue weighted by Gasteiger charge is -1.96. The molecule has 0 unspecified atom stereocenters. The van der Waals surface area contributed by atoms with Gasteiger partial charge in [-0.25, -0.2) is 0 Å². The predicted octanol–water partition coefficient (Wildman–Crippen LogP) is -1.26. The van der Waals surface area contributed by atoms with E-state index in [1.54, 1.807) is 0 Å². The van der Waals surface area contributed by atoms with Crippen molar-refractivity contribution < 1.29 is 4.79 Å². The van der Waals surface area contributed by atoms with Crippen LogP contribution in [0.5, 0.6) is 0 Å². The number of rotatable bonds is 5. The fraction of sp³-hybridized carbons (Fsp3) is 0.600. The van der Waals surface area contributed by atoms with Crippen LogP contribution in [0.3, 0.4) is 0 Å². The summed E-state index contributed by atoms with van der Waals surface area (Å²) in [7, 11) is 0. The second-order valence-corrected chi connectivity index (χ2v) is 1.75. The zero-order chi connectivity index (χ0) is 7.82. The Morgan fingerprint density at radius 3 is 2.80 bits per heavy atom. The van der Waals surface area contributed by atoms with Crippen LogP contribution in [0.2, 0.25) is 0 Å². The lowest BCUT2D eigenvalue weighted by atomic mass is 10.3. The maximum Gasteiger partial charge on any atom is 0.208 e. The Balaban J connectivity index is 3.05. The summed E-state index contributed by atoms with van der Waals surface area (Å²) in [5, 5.41) is 3.50. The van der Waals surface area contributed by atoms with Gasteiger partial charge in [-0.1, -0.05) is 0 Å². The monoisotopic (exact) mass is 144 g/mol. The number of hydrogen-bond acceptors (Lipinski definition) is 3. The molecule has 58 valence electrons. The second-order valence-electron chi connectivity index (χ2n) is 1.75. The van der Waals surface area contributed by atoms with Crippen LogP contribution < -0.4 is 16.9 Å². The van der Waals surface area contributed by atoms with E-state index in [9.17, 15) is 4.79 Å². The maximum atomic E-state index is 9.79. The standard InChI is InChI=1S/C5H12N4O/c6-5(7)9-8-3-1-2-4-10/h4,8H,1-3H2,(H4,6,7,9). The third kappa shape index (κ3) is 6.74. The Morgan fingerprint density at radius 1 is 1.60 bits per heavy atom. The zero-order valence-electron chi connectivity index (χ0n) is 5.71. The summed E-state index contributed by atoms with van der Waals surface area (Å²) in [5.74, 6) is 0.00565. The fourth-order valence-electron chi connectivity index (χ4n) is 0.412. The second kappa shape index (κ2) is 5.87. The number of carbonyl (C=O) groups excluding carboxylic acids is 1. The minimum Gasteiger partial charge on any atom is -0.369 e. The molecule has 0 aromatic carbocycles. The molecule has 0 aliphatic carbocycles. The van der Waals surface area contributed by atoms with Gasteiger partial charge in [0.05, 0.1) is 0 Å². The molecule has 0 aromatic rings. The summed E-state index contributed by atoms with van der Waals surface area (Å²) in [6.07, 6.45) is 2.14. The topological polar surface area (TPSA) is 93.5 Å². The van der Waals surface area contributed by atoms with Gasteiger partial charge in [0.1, 0.15) is 6.29 Å². The van der Waals surface area contributed by atoms with Gasteiger partial charge in [0, 0.05) is 13.0 Å². The van der Waals surface area contributed by atoms with Crippen LogP contribution in [0.1, 0.15) is 12.8 Å². The first-order valence-electron chi connectivity index (χ1n) is 3.02. The van der Waals surface area contributed by atoms with Gasteiger partial charge in [0.25, 0.3) is 0 Å². The average molecular weight is 144 g/mol. The summed E-state index contributed by atoms with van der Waals surface area (Å²) in [5.41, 5.74) is 12.6. The number of unbranched alkanes of at least 4 members (excludes halogenated alkanes) is 1. The molecule has 0 heterocycles. The van der Waals surface area contributed by atoms with E-state index in [1.807, 2.05) is 0 Å². The molecule has 0 saturated heterocycles. The van der Waals surface area contributed by atoms with Crippen LogP contribution in [0.25, 0.3) is 0 Å². The van der Waals surface area contributed by atoms with E-state index in [4.69, 9.17) is 11.5 Å². The first-order chi connectivity index (χ1) is 4.77. The van der Waals surface area contributed by atoms with E-state index in [0.29, 0.717) is 13.0 Å². The highest BCUT2D eigenvalue weighted by atomic mass is 16.1. The largest absolute Gasteiger partial charge is 0.369 e. The molecule has 5 nitrogen and oxygen atoms in total. The minimum absolute atomic E-state index is 0.00565. The van der Waals surface area contributed by atoms with Crippen LogP contribution >= 0.6 is 0 Å². The van der Waals surface area contributed by atoms with Crippen LogP contribution in [-0.2, 0) is 4.79 Å². The quantitative estimate of drug-likeness (QED) is 0.148. The van der Waals surface area contributed by atoms with Gasteiger partial charge in [0.15, 0.2) is 0 Å². The van der Waals surface area contributed by atoms with E-state index >= 15 is 0 Å². The molecule has 10 heavy (non-hydrogen) atoms. The lowest BCUT2D eigenvalue weighted by molar-refractivity contribution is -0.107. The van der Waals surface area contributed by atoms with Crippen molar-refractivity contribution >= 4 is 12.2 Å². The highest BCUT2D eigenvalue weighted by Crippen LogP contribution is 1.79. The van der Waals surface area contributed by atoms with E-state index in [2.05, 4.69) is 10.5 Å². The van der Waals surface area contributed by atoms with E-state index in [-0.39, 0.29) is 5.96 Å². The summed E-state index contributed by atoms with van der Waals surface area (Å²) >= 11 is 0. The van der Waals surface area contributed by atoms with Crippen molar-refractivity contribution in [2.24, 2.45) is 16.6 Å². The molecule has 0 aromatic heterocycles. The van der Waals surface area contributed by atoms with Gasteiger partial charge in [0.2, 0.25) is 5.96 Å². The molecular formula is C5H12N4O. The Labute approximate surface area is 59.5 Å². The van der Waals surface area contributed by atoms with Crippen LogP contribution in [0, 0.1) is 0 Å². The zero-order valence-corrected chi connectivity index (χ0v) is 5.71. The first kappa shape index (κ1) is 8.74. The van der Waals surface area contributed by atoms with Crippen LogP contribution in [0.15, 0.2) is 5.10 Å². The van der Waals surface area contributed by atoms with Crippen LogP contribution in [0.4, 0.5) is 0 Å². The fourth-order valence-corrected chi connectivity index (χ4v) is 0.412. The number of nitrogens with zero attached hydrogens (tertiary/aromatic N) is 1. The predicted molar refractivity (Wildman–Crippen MR) is 39.1 cm³/mol. The van der Waals surface area contributed by atoms with E-state index in [0.717, 1.165) is 12.7 Å². The van der Waals surface area contributed by atoms with Crippen molar-refractivity contribution in [1.82, 2.24) is 5.43 Å². The van der Waals surface area contributed by atoms with Crippen molar-refractivity contribution in [1.29, 1.82) is 0 Å². The van der Waals surface area contributed by atoms with Gasteiger partial charge in [-0.15, -0.1) is 5.10 Å². The van der Waals surface area contributed by atoms with Gasteiger partial charge in [-0.05, 0) is 6.42 Å². The van der Waals surface area contributed by atoms with Crippen molar-refractivity contribution in [3.05, 3.63) is 0 Å². The van der Waals surface area contributed by atoms with Crippen molar-refractivity contribution in [2.75, 3.05) is 6.54 Å². The Bertz CT molecular complexity index is 119. The number of aldehydes is 1. The van der Waals surface area contributed by atoms with Crippen molar-refractivity contribution in [2.45, 2.75) is 12.8 Å². The number of hydrazone groups is 1. The average Bonchev–Trinajstić information content (AvgIpc) is 1.87. The number of carbonyl (C=O) groups is 1. The molecule has 0 fully saturated rings. The van der Waals surface area contributed by atoms with Gasteiger partial charge >= 0.3 is 0 Å². The molecule has 0 atom stereocenters. The number of guanidine groups is 1. The van der Waals surface area contributed by atoms with Gasteiger partial charge < -0.3 is 21.7 Å². The minimum atomic E-state index is 0.00565. The molecule has 0 bridgehead atoms. The summed E-state index contributed by atoms with van der Waals surface area (Å²) in [6.45, 7) is 0.622. The third-order valence-electron chi connectivity index (χ3n) is 0.819. The summed E-state index contributed by atoms with van der Waals surface area (Å²) in [4.78, 5) is 9.79. The molecular weight excluding hydrogens is 132 g/mol. The Morgan fingerprint density at radius 2 is 2.30 bits per heavy atom. The Hall–Kier alpha value is -1.26. The van der Waals surface area contributed by atoms with Gasteiger partial charge in [-0.2, -0.15) is 0 Å². The number of nitrogens with one attached hydrogen (secondary N) is 1. The molecule has 5 heteroatoms. The SMILES string of the molecule is NC(N)=NNCCCC=O.